The highest BCUT2D eigenvalue weighted by Gasteiger charge is 2.74. The van der Waals surface area contributed by atoms with Gasteiger partial charge < -0.3 is 23.7 Å². The van der Waals surface area contributed by atoms with Crippen molar-refractivity contribution >= 4 is 17.7 Å². The number of carbonyl (C=O) groups excluding carboxylic acids is 3. The SMILES string of the molecule is C=C1[C@@H]2CC[C@@]3(C)[C@H](c4ccoc4)OC(=O)C[C@]13O[C@H]1CC(=O)C(C)(C)[C@H]([C@@H](O)C(=O)OC)[C@@]12C. The van der Waals surface area contributed by atoms with Gasteiger partial charge in [0.25, 0.3) is 0 Å². The number of aliphatic hydroxyl groups is 1. The van der Waals surface area contributed by atoms with Crippen LogP contribution < -0.4 is 0 Å². The Bertz CT molecular complexity index is 1090. The van der Waals surface area contributed by atoms with Crippen LogP contribution in [0, 0.1) is 28.1 Å². The highest BCUT2D eigenvalue weighted by atomic mass is 16.6. The molecule has 190 valence electrons. The Morgan fingerprint density at radius 1 is 1.26 bits per heavy atom. The van der Waals surface area contributed by atoms with E-state index in [1.165, 1.54) is 7.11 Å². The molecule has 8 atom stereocenters. The number of carbonyl (C=O) groups is 3. The third kappa shape index (κ3) is 2.90. The molecule has 4 fully saturated rings. The van der Waals surface area contributed by atoms with Crippen LogP contribution in [0.2, 0.25) is 0 Å². The van der Waals surface area contributed by atoms with Crippen LogP contribution in [0.5, 0.6) is 0 Å². The van der Waals surface area contributed by atoms with Gasteiger partial charge in [0.1, 0.15) is 17.5 Å². The number of rotatable bonds is 3. The standard InChI is InChI=1S/C27H34O8/c1-14-16-7-9-25(4)22(15-8-10-33-13-15)34-19(29)12-27(14,25)35-18-11-17(28)24(2,3)21(26(16,18)5)20(30)23(31)32-6/h8,10,13,16,18,20-22,30H,1,7,9,11-12H2,2-6H3/t16-,18-,20+,21-,22-,25-,26+,27-/m0/s1. The molecule has 0 unspecified atom stereocenters. The first kappa shape index (κ1) is 24.3. The van der Waals surface area contributed by atoms with Crippen molar-refractivity contribution in [3.63, 3.8) is 0 Å². The van der Waals surface area contributed by atoms with Gasteiger partial charge >= 0.3 is 11.9 Å². The Morgan fingerprint density at radius 3 is 2.60 bits per heavy atom. The lowest BCUT2D eigenvalue weighted by Crippen LogP contribution is -2.74. The third-order valence-corrected chi connectivity index (χ3v) is 9.96. The van der Waals surface area contributed by atoms with Crippen molar-refractivity contribution in [3.05, 3.63) is 36.3 Å². The van der Waals surface area contributed by atoms with Crippen LogP contribution in [0.1, 0.15) is 65.0 Å². The molecular weight excluding hydrogens is 452 g/mol. The highest BCUT2D eigenvalue weighted by Crippen LogP contribution is 2.71. The summed E-state index contributed by atoms with van der Waals surface area (Å²) in [6.07, 6.45) is 1.91. The van der Waals surface area contributed by atoms with Gasteiger partial charge in [0.15, 0.2) is 6.10 Å². The quantitative estimate of drug-likeness (QED) is 0.510. The van der Waals surface area contributed by atoms with Crippen LogP contribution in [0.15, 0.2) is 35.2 Å². The van der Waals surface area contributed by atoms with Crippen LogP contribution in [-0.4, -0.2) is 47.7 Å². The summed E-state index contributed by atoms with van der Waals surface area (Å²) < 4.78 is 23.0. The van der Waals surface area contributed by atoms with E-state index in [9.17, 15) is 19.5 Å². The minimum absolute atomic E-state index is 0.00156. The number of cyclic esters (lactones) is 1. The molecule has 2 bridgehead atoms. The lowest BCUT2D eigenvalue weighted by molar-refractivity contribution is -0.303. The Balaban J connectivity index is 1.65. The average Bonchev–Trinajstić information content (AvgIpc) is 3.32. The molecule has 2 aliphatic heterocycles. The largest absolute Gasteiger partial charge is 0.472 e. The van der Waals surface area contributed by atoms with E-state index in [1.54, 1.807) is 32.4 Å². The first-order chi connectivity index (χ1) is 16.3. The van der Waals surface area contributed by atoms with Gasteiger partial charge in [-0.1, -0.05) is 34.3 Å². The normalized spacial score (nSPS) is 43.0. The minimum Gasteiger partial charge on any atom is -0.472 e. The number of ketones is 1. The van der Waals surface area contributed by atoms with Crippen LogP contribution in [0.4, 0.5) is 0 Å². The summed E-state index contributed by atoms with van der Waals surface area (Å²) in [7, 11) is 1.23. The maximum Gasteiger partial charge on any atom is 0.335 e. The molecule has 5 rings (SSSR count). The summed E-state index contributed by atoms with van der Waals surface area (Å²) >= 11 is 0. The predicted octanol–water partition coefficient (Wildman–Crippen LogP) is 3.53. The number of methoxy groups -OCH3 is 1. The van der Waals surface area contributed by atoms with Crippen molar-refractivity contribution < 1.29 is 38.1 Å². The second-order valence-electron chi connectivity index (χ2n) is 11.7. The number of Topliss-reactive ketones (excluding diaryl/α,β-unsaturated/α-hetero) is 1. The first-order valence-electron chi connectivity index (χ1n) is 12.2. The van der Waals surface area contributed by atoms with Crippen molar-refractivity contribution in [2.24, 2.45) is 28.1 Å². The van der Waals surface area contributed by atoms with Gasteiger partial charge in [0.05, 0.1) is 32.2 Å². The summed E-state index contributed by atoms with van der Waals surface area (Å²) in [5.74, 6) is -2.20. The van der Waals surface area contributed by atoms with E-state index in [4.69, 9.17) is 18.6 Å². The monoisotopic (exact) mass is 486 g/mol. The van der Waals surface area contributed by atoms with Crippen LogP contribution in [-0.2, 0) is 28.6 Å². The summed E-state index contributed by atoms with van der Waals surface area (Å²) in [6.45, 7) is 12.1. The van der Waals surface area contributed by atoms with Crippen LogP contribution >= 0.6 is 0 Å². The molecule has 0 aromatic carbocycles. The third-order valence-electron chi connectivity index (χ3n) is 9.96. The molecule has 3 heterocycles. The zero-order valence-corrected chi connectivity index (χ0v) is 21.0. The van der Waals surface area contributed by atoms with E-state index in [-0.39, 0.29) is 24.5 Å². The van der Waals surface area contributed by atoms with E-state index in [2.05, 4.69) is 13.5 Å². The maximum absolute atomic E-state index is 13.4. The fourth-order valence-corrected chi connectivity index (χ4v) is 8.08. The average molecular weight is 487 g/mol. The highest BCUT2D eigenvalue weighted by molar-refractivity contribution is 5.88. The van der Waals surface area contributed by atoms with E-state index in [1.807, 2.05) is 6.92 Å². The number of hydrogen-bond acceptors (Lipinski definition) is 8. The van der Waals surface area contributed by atoms with Gasteiger partial charge in [-0.05, 0) is 30.4 Å². The van der Waals surface area contributed by atoms with E-state index in [0.29, 0.717) is 12.8 Å². The van der Waals surface area contributed by atoms with E-state index < -0.39 is 58.0 Å². The van der Waals surface area contributed by atoms with Crippen molar-refractivity contribution in [1.29, 1.82) is 0 Å². The Kier molecular flexibility index (Phi) is 5.22. The molecule has 0 radical (unpaired) electrons. The van der Waals surface area contributed by atoms with Gasteiger partial charge in [0.2, 0.25) is 0 Å². The number of esters is 2. The summed E-state index contributed by atoms with van der Waals surface area (Å²) in [5, 5.41) is 11.2. The van der Waals surface area contributed by atoms with Gasteiger partial charge in [-0.3, -0.25) is 9.59 Å². The molecule has 8 nitrogen and oxygen atoms in total. The van der Waals surface area contributed by atoms with Crippen molar-refractivity contribution in [2.75, 3.05) is 7.11 Å². The molecule has 2 aliphatic carbocycles. The maximum atomic E-state index is 13.4. The van der Waals surface area contributed by atoms with Gasteiger partial charge in [-0.15, -0.1) is 0 Å². The van der Waals surface area contributed by atoms with Crippen LogP contribution in [0.25, 0.3) is 0 Å². The van der Waals surface area contributed by atoms with Gasteiger partial charge in [0, 0.05) is 34.1 Å². The van der Waals surface area contributed by atoms with Crippen molar-refractivity contribution in [3.8, 4) is 0 Å². The summed E-state index contributed by atoms with van der Waals surface area (Å²) in [4.78, 5) is 39.0. The summed E-state index contributed by atoms with van der Waals surface area (Å²) in [5.41, 5.74) is -1.92. The van der Waals surface area contributed by atoms with Gasteiger partial charge in [-0.25, -0.2) is 4.79 Å². The molecule has 1 spiro atoms. The zero-order valence-electron chi connectivity index (χ0n) is 21.0. The fraction of sp³-hybridized carbons (Fsp3) is 0.667. The Morgan fingerprint density at radius 2 is 1.97 bits per heavy atom. The molecule has 1 N–H and O–H groups in total. The molecule has 1 aromatic rings. The predicted molar refractivity (Wildman–Crippen MR) is 123 cm³/mol. The zero-order chi connectivity index (χ0) is 25.6. The molecular formula is C27H34O8. The first-order valence-corrected chi connectivity index (χ1v) is 12.2. The number of ether oxygens (including phenoxy) is 3. The minimum atomic E-state index is -1.50. The van der Waals surface area contributed by atoms with E-state index >= 15 is 0 Å². The number of aliphatic hydroxyl groups excluding tert-OH is 1. The second kappa shape index (κ2) is 7.53. The smallest absolute Gasteiger partial charge is 0.335 e. The lowest BCUT2D eigenvalue weighted by atomic mass is 9.41. The number of fused-ring (bicyclic) bond motifs is 3. The Hall–Kier alpha value is -2.45. The molecule has 1 aromatic heterocycles. The molecule has 4 aliphatic rings. The fourth-order valence-electron chi connectivity index (χ4n) is 8.08. The molecule has 0 amide bonds. The van der Waals surface area contributed by atoms with Crippen molar-refractivity contribution in [1.82, 2.24) is 0 Å². The molecule has 2 saturated heterocycles. The molecule has 35 heavy (non-hydrogen) atoms. The number of hydrogen-bond donors (Lipinski definition) is 1. The number of furan rings is 1. The summed E-state index contributed by atoms with van der Waals surface area (Å²) in [6, 6.07) is 1.79. The van der Waals surface area contributed by atoms with Crippen molar-refractivity contribution in [2.45, 2.75) is 77.3 Å². The van der Waals surface area contributed by atoms with Gasteiger partial charge in [-0.2, -0.15) is 0 Å². The Labute approximate surface area is 205 Å². The molecule has 2 saturated carbocycles. The second-order valence-corrected chi connectivity index (χ2v) is 11.7. The topological polar surface area (TPSA) is 112 Å². The van der Waals surface area contributed by atoms with E-state index in [0.717, 1.165) is 11.1 Å². The lowest BCUT2D eigenvalue weighted by Gasteiger charge is -2.70. The van der Waals surface area contributed by atoms with Crippen LogP contribution in [0.3, 0.4) is 0 Å². The molecule has 8 heteroatoms.